The smallest absolute Gasteiger partial charge is 0.197 e. The molecule has 2 aromatic rings. The van der Waals surface area contributed by atoms with E-state index in [-0.39, 0.29) is 0 Å². The fraction of sp³-hybridized carbons (Fsp3) is 0.357. The van der Waals surface area contributed by atoms with Crippen molar-refractivity contribution in [3.8, 4) is 0 Å². The third-order valence-corrected chi connectivity index (χ3v) is 4.39. The summed E-state index contributed by atoms with van der Waals surface area (Å²) in [6.45, 7) is 4.18. The van der Waals surface area contributed by atoms with Crippen LogP contribution in [0.2, 0.25) is 0 Å². The molecule has 0 bridgehead atoms. The minimum absolute atomic E-state index is 0.774. The van der Waals surface area contributed by atoms with E-state index in [2.05, 4.69) is 40.4 Å². The lowest BCUT2D eigenvalue weighted by atomic mass is 9.99. The maximum atomic E-state index is 5.37. The van der Waals surface area contributed by atoms with Crippen molar-refractivity contribution >= 4 is 22.2 Å². The van der Waals surface area contributed by atoms with Gasteiger partial charge in [0.25, 0.3) is 0 Å². The molecule has 0 fully saturated rings. The predicted molar refractivity (Wildman–Crippen MR) is 80.5 cm³/mol. The first-order valence-electron chi connectivity index (χ1n) is 6.52. The molecule has 4 nitrogen and oxygen atoms in total. The number of nitrogen functional groups attached to an aromatic ring is 1. The minimum Gasteiger partial charge on any atom is -0.366 e. The summed E-state index contributed by atoms with van der Waals surface area (Å²) in [5.41, 5.74) is 6.77. The minimum atomic E-state index is 0.774. The van der Waals surface area contributed by atoms with Crippen molar-refractivity contribution in [2.75, 3.05) is 16.9 Å². The van der Waals surface area contributed by atoms with E-state index in [1.165, 1.54) is 34.5 Å². The fourth-order valence-electron chi connectivity index (χ4n) is 2.60. The topological polar surface area (TPSA) is 54.2 Å². The van der Waals surface area contributed by atoms with Crippen LogP contribution in [0.5, 0.6) is 0 Å². The number of aryl methyl sites for hydroxylation is 2. The van der Waals surface area contributed by atoms with Gasteiger partial charge in [0.2, 0.25) is 0 Å². The molecule has 3 rings (SSSR count). The Balaban J connectivity index is 1.83. The van der Waals surface area contributed by atoms with Gasteiger partial charge < -0.3 is 4.90 Å². The van der Waals surface area contributed by atoms with E-state index in [0.29, 0.717) is 0 Å². The second-order valence-corrected chi connectivity index (χ2v) is 6.05. The molecule has 1 aromatic heterocycles. The number of benzene rings is 1. The van der Waals surface area contributed by atoms with Crippen LogP contribution >= 0.6 is 11.3 Å². The molecule has 100 valence electrons. The Hall–Kier alpha value is -1.59. The van der Waals surface area contributed by atoms with Gasteiger partial charge in [0.1, 0.15) is 0 Å². The molecule has 5 heteroatoms. The van der Waals surface area contributed by atoms with Gasteiger partial charge in [0, 0.05) is 23.3 Å². The van der Waals surface area contributed by atoms with Crippen molar-refractivity contribution in [1.29, 1.82) is 0 Å². The number of aromatic nitrogens is 1. The van der Waals surface area contributed by atoms with Crippen LogP contribution in [0.4, 0.5) is 10.8 Å². The summed E-state index contributed by atoms with van der Waals surface area (Å²) < 4.78 is 0. The quantitative estimate of drug-likeness (QED) is 0.667. The molecule has 1 aliphatic heterocycles. The van der Waals surface area contributed by atoms with Crippen molar-refractivity contribution < 1.29 is 0 Å². The molecule has 1 aliphatic rings. The number of nitrogens with zero attached hydrogens (tertiary/aromatic N) is 2. The zero-order valence-electron chi connectivity index (χ0n) is 11.0. The lowest BCUT2D eigenvalue weighted by Gasteiger charge is -2.31. The zero-order valence-corrected chi connectivity index (χ0v) is 11.8. The van der Waals surface area contributed by atoms with Gasteiger partial charge in [0.15, 0.2) is 5.13 Å². The molecule has 0 spiro atoms. The lowest BCUT2D eigenvalue weighted by molar-refractivity contribution is 0.694. The maximum absolute atomic E-state index is 5.37. The molecule has 2 heterocycles. The molecule has 0 saturated carbocycles. The second-order valence-electron chi connectivity index (χ2n) is 4.93. The number of hydrogen-bond donors (Lipinski definition) is 2. The van der Waals surface area contributed by atoms with Crippen LogP contribution in [0.15, 0.2) is 24.4 Å². The zero-order chi connectivity index (χ0) is 13.2. The van der Waals surface area contributed by atoms with Gasteiger partial charge in [-0.1, -0.05) is 29.0 Å². The van der Waals surface area contributed by atoms with Crippen LogP contribution in [-0.2, 0) is 13.0 Å². The van der Waals surface area contributed by atoms with Crippen molar-refractivity contribution in [2.45, 2.75) is 26.3 Å². The first-order chi connectivity index (χ1) is 9.26. The van der Waals surface area contributed by atoms with Gasteiger partial charge in [-0.05, 0) is 31.4 Å². The van der Waals surface area contributed by atoms with E-state index in [4.69, 9.17) is 5.84 Å². The molecular weight excluding hydrogens is 256 g/mol. The Bertz CT molecular complexity index is 579. The molecule has 1 aromatic carbocycles. The van der Waals surface area contributed by atoms with E-state index >= 15 is 0 Å². The molecule has 19 heavy (non-hydrogen) atoms. The molecule has 0 atom stereocenters. The Morgan fingerprint density at radius 3 is 3.16 bits per heavy atom. The summed E-state index contributed by atoms with van der Waals surface area (Å²) in [6, 6.07) is 6.74. The Morgan fingerprint density at radius 2 is 2.37 bits per heavy atom. The number of fused-ring (bicyclic) bond motifs is 1. The molecule has 3 N–H and O–H groups in total. The third-order valence-electron chi connectivity index (χ3n) is 3.47. The van der Waals surface area contributed by atoms with Gasteiger partial charge in [0.05, 0.1) is 6.54 Å². The average molecular weight is 274 g/mol. The highest BCUT2D eigenvalue weighted by Gasteiger charge is 2.17. The summed E-state index contributed by atoms with van der Waals surface area (Å²) in [7, 11) is 0. The Kier molecular flexibility index (Phi) is 3.40. The number of thiazole rings is 1. The number of hydrazine groups is 1. The first-order valence-corrected chi connectivity index (χ1v) is 7.34. The summed E-state index contributed by atoms with van der Waals surface area (Å²) in [6.07, 6.45) is 4.31. The van der Waals surface area contributed by atoms with Crippen molar-refractivity contribution in [3.05, 3.63) is 40.4 Å². The van der Waals surface area contributed by atoms with E-state index < -0.39 is 0 Å². The molecular formula is C14H18N4S. The van der Waals surface area contributed by atoms with Crippen LogP contribution in [0.3, 0.4) is 0 Å². The lowest BCUT2D eigenvalue weighted by Crippen LogP contribution is -2.28. The van der Waals surface area contributed by atoms with Crippen LogP contribution in [0.1, 0.15) is 22.4 Å². The summed E-state index contributed by atoms with van der Waals surface area (Å²) >= 11 is 1.62. The number of anilines is 2. The van der Waals surface area contributed by atoms with Crippen LogP contribution in [0.25, 0.3) is 0 Å². The van der Waals surface area contributed by atoms with Crippen LogP contribution in [0, 0.1) is 6.92 Å². The number of nitrogens with two attached hydrogens (primary N) is 1. The van der Waals surface area contributed by atoms with Crippen molar-refractivity contribution in [1.82, 2.24) is 4.98 Å². The van der Waals surface area contributed by atoms with E-state index in [0.717, 1.165) is 18.2 Å². The van der Waals surface area contributed by atoms with E-state index in [1.54, 1.807) is 11.3 Å². The van der Waals surface area contributed by atoms with Crippen LogP contribution in [-0.4, -0.2) is 11.5 Å². The van der Waals surface area contributed by atoms with Gasteiger partial charge >= 0.3 is 0 Å². The fourth-order valence-corrected chi connectivity index (χ4v) is 3.34. The van der Waals surface area contributed by atoms with Gasteiger partial charge in [-0.2, -0.15) is 0 Å². The number of nitrogens with one attached hydrogen (secondary N) is 1. The summed E-state index contributed by atoms with van der Waals surface area (Å²) in [5, 5.41) is 0.774. The highest BCUT2D eigenvalue weighted by Crippen LogP contribution is 2.30. The maximum Gasteiger partial charge on any atom is 0.197 e. The van der Waals surface area contributed by atoms with E-state index in [1.807, 2.05) is 6.20 Å². The summed E-state index contributed by atoms with van der Waals surface area (Å²) in [5.74, 6) is 5.37. The van der Waals surface area contributed by atoms with Gasteiger partial charge in [-0.15, -0.1) is 0 Å². The van der Waals surface area contributed by atoms with E-state index in [9.17, 15) is 0 Å². The SMILES string of the molecule is Cc1ccc2c(c1)CCCN2Cc1cnc(NN)s1. The largest absolute Gasteiger partial charge is 0.366 e. The second kappa shape index (κ2) is 5.19. The molecule has 0 saturated heterocycles. The van der Waals surface area contributed by atoms with Gasteiger partial charge in [-0.3, -0.25) is 5.43 Å². The highest BCUT2D eigenvalue weighted by molar-refractivity contribution is 7.15. The number of rotatable bonds is 3. The first kappa shape index (κ1) is 12.4. The standard InChI is InChI=1S/C14H18N4S/c1-10-4-5-13-11(7-10)3-2-6-18(13)9-12-8-16-14(17-15)19-12/h4-5,7-8H,2-3,6,9,15H2,1H3,(H,16,17). The highest BCUT2D eigenvalue weighted by atomic mass is 32.1. The number of hydrogen-bond acceptors (Lipinski definition) is 5. The Labute approximate surface area is 117 Å². The average Bonchev–Trinajstić information content (AvgIpc) is 2.86. The molecule has 0 radical (unpaired) electrons. The van der Waals surface area contributed by atoms with Gasteiger partial charge in [-0.25, -0.2) is 10.8 Å². The predicted octanol–water partition coefficient (Wildman–Crippen LogP) is 2.69. The monoisotopic (exact) mass is 274 g/mol. The molecule has 0 amide bonds. The van der Waals surface area contributed by atoms with Crippen molar-refractivity contribution in [3.63, 3.8) is 0 Å². The Morgan fingerprint density at radius 1 is 1.47 bits per heavy atom. The van der Waals surface area contributed by atoms with Crippen LogP contribution < -0.4 is 16.2 Å². The molecule has 0 unspecified atom stereocenters. The normalized spacial score (nSPS) is 14.3. The summed E-state index contributed by atoms with van der Waals surface area (Å²) in [4.78, 5) is 7.90. The van der Waals surface area contributed by atoms with Crippen molar-refractivity contribution in [2.24, 2.45) is 5.84 Å². The third kappa shape index (κ3) is 2.57. The molecule has 0 aliphatic carbocycles.